The van der Waals surface area contributed by atoms with Crippen LogP contribution >= 0.6 is 0 Å². The lowest BCUT2D eigenvalue weighted by Crippen LogP contribution is -2.43. The minimum absolute atomic E-state index is 0.00231. The molecule has 0 bridgehead atoms. The van der Waals surface area contributed by atoms with Crippen LogP contribution in [0.25, 0.3) is 0 Å². The van der Waals surface area contributed by atoms with Gasteiger partial charge in [0, 0.05) is 13.2 Å². The number of nitrogens with one attached hydrogen (secondary N) is 1. The number of amides is 1. The fraction of sp³-hybridized carbons (Fsp3) is 0.562. The maximum absolute atomic E-state index is 11.6. The highest BCUT2D eigenvalue weighted by Crippen LogP contribution is 2.31. The van der Waals surface area contributed by atoms with E-state index in [4.69, 9.17) is 10.5 Å². The number of nitrogens with two attached hydrogens (primary N) is 1. The van der Waals surface area contributed by atoms with Crippen LogP contribution in [0.5, 0.6) is 0 Å². The number of ether oxygens (including phenoxy) is 1. The zero-order valence-corrected chi connectivity index (χ0v) is 11.9. The van der Waals surface area contributed by atoms with Crippen LogP contribution in [-0.4, -0.2) is 31.2 Å². The predicted molar refractivity (Wildman–Crippen MR) is 79.4 cm³/mol. The number of carbonyl (C=O) groups excluding carboxylic acids is 1. The minimum Gasteiger partial charge on any atom is -0.381 e. The molecule has 1 aliphatic carbocycles. The van der Waals surface area contributed by atoms with Crippen LogP contribution in [0.2, 0.25) is 0 Å². The highest BCUT2D eigenvalue weighted by atomic mass is 16.5. The first-order chi connectivity index (χ1) is 9.71. The van der Waals surface area contributed by atoms with Crippen molar-refractivity contribution in [1.82, 2.24) is 5.32 Å². The minimum atomic E-state index is -0.549. The van der Waals surface area contributed by atoms with Gasteiger partial charge in [-0.15, -0.1) is 0 Å². The first-order valence-electron chi connectivity index (χ1n) is 7.40. The Morgan fingerprint density at radius 3 is 2.65 bits per heavy atom. The summed E-state index contributed by atoms with van der Waals surface area (Å²) in [4.78, 5) is 11.6. The zero-order valence-electron chi connectivity index (χ0n) is 11.9. The third-order valence-corrected chi connectivity index (χ3v) is 3.62. The van der Waals surface area contributed by atoms with Gasteiger partial charge >= 0.3 is 0 Å². The Balaban J connectivity index is 1.41. The summed E-state index contributed by atoms with van der Waals surface area (Å²) in [5.41, 5.74) is 6.54. The van der Waals surface area contributed by atoms with Crippen molar-refractivity contribution in [3.8, 4) is 0 Å². The van der Waals surface area contributed by atoms with Crippen LogP contribution in [0.1, 0.15) is 31.2 Å². The Hall–Kier alpha value is -1.39. The Kier molecular flexibility index (Phi) is 5.56. The van der Waals surface area contributed by atoms with Crippen LogP contribution < -0.4 is 11.1 Å². The van der Waals surface area contributed by atoms with Gasteiger partial charge in [-0.05, 0) is 37.7 Å². The molecule has 1 aliphatic rings. The third-order valence-electron chi connectivity index (χ3n) is 3.62. The molecule has 0 radical (unpaired) electrons. The molecule has 0 unspecified atom stereocenters. The number of carbonyl (C=O) groups is 1. The fourth-order valence-electron chi connectivity index (χ4n) is 2.01. The van der Waals surface area contributed by atoms with E-state index in [0.29, 0.717) is 6.54 Å². The van der Waals surface area contributed by atoms with E-state index < -0.39 is 5.54 Å². The number of hydrogen-bond donors (Lipinski definition) is 2. The SMILES string of the molecule is NC1(C(=O)NCCCCOCCc2ccccc2)CC1. The molecule has 20 heavy (non-hydrogen) atoms. The number of unbranched alkanes of at least 4 members (excludes halogenated alkanes) is 1. The average molecular weight is 276 g/mol. The van der Waals surface area contributed by atoms with Crippen molar-refractivity contribution < 1.29 is 9.53 Å². The van der Waals surface area contributed by atoms with E-state index in [9.17, 15) is 4.79 Å². The van der Waals surface area contributed by atoms with Crippen molar-refractivity contribution >= 4 is 5.91 Å². The van der Waals surface area contributed by atoms with Crippen molar-refractivity contribution in [3.05, 3.63) is 35.9 Å². The molecule has 0 aliphatic heterocycles. The molecule has 1 saturated carbocycles. The van der Waals surface area contributed by atoms with Crippen molar-refractivity contribution in [2.24, 2.45) is 5.73 Å². The number of hydrogen-bond acceptors (Lipinski definition) is 3. The molecular weight excluding hydrogens is 252 g/mol. The van der Waals surface area contributed by atoms with Gasteiger partial charge in [-0.25, -0.2) is 0 Å². The lowest BCUT2D eigenvalue weighted by atomic mass is 10.2. The van der Waals surface area contributed by atoms with E-state index in [1.165, 1.54) is 5.56 Å². The molecule has 0 aromatic heterocycles. The van der Waals surface area contributed by atoms with E-state index >= 15 is 0 Å². The van der Waals surface area contributed by atoms with Crippen LogP contribution in [0.15, 0.2) is 30.3 Å². The van der Waals surface area contributed by atoms with Gasteiger partial charge in [0.1, 0.15) is 0 Å². The molecule has 1 fully saturated rings. The van der Waals surface area contributed by atoms with Gasteiger partial charge in [-0.1, -0.05) is 30.3 Å². The van der Waals surface area contributed by atoms with Gasteiger partial charge in [0.15, 0.2) is 0 Å². The van der Waals surface area contributed by atoms with Crippen molar-refractivity contribution in [3.63, 3.8) is 0 Å². The number of rotatable bonds is 9. The van der Waals surface area contributed by atoms with E-state index in [0.717, 1.165) is 45.3 Å². The standard InChI is InChI=1S/C16H24N2O2/c17-16(9-10-16)15(19)18-11-4-5-12-20-13-8-14-6-2-1-3-7-14/h1-3,6-7H,4-5,8-13,17H2,(H,18,19). The molecule has 2 rings (SSSR count). The number of benzene rings is 1. The Morgan fingerprint density at radius 2 is 1.95 bits per heavy atom. The Morgan fingerprint density at radius 1 is 1.20 bits per heavy atom. The van der Waals surface area contributed by atoms with Gasteiger partial charge in [0.25, 0.3) is 0 Å². The van der Waals surface area contributed by atoms with E-state index in [1.54, 1.807) is 0 Å². The van der Waals surface area contributed by atoms with Crippen LogP contribution in [-0.2, 0) is 16.0 Å². The summed E-state index contributed by atoms with van der Waals surface area (Å²) < 4.78 is 5.59. The zero-order chi connectivity index (χ0) is 14.3. The summed E-state index contributed by atoms with van der Waals surface area (Å²) in [5.74, 6) is 0.00231. The average Bonchev–Trinajstić information content (AvgIpc) is 3.22. The largest absolute Gasteiger partial charge is 0.381 e. The van der Waals surface area contributed by atoms with Gasteiger partial charge in [-0.3, -0.25) is 4.79 Å². The quantitative estimate of drug-likeness (QED) is 0.674. The van der Waals surface area contributed by atoms with Gasteiger partial charge in [0.2, 0.25) is 5.91 Å². The molecule has 3 N–H and O–H groups in total. The summed E-state index contributed by atoms with van der Waals surface area (Å²) >= 11 is 0. The molecule has 110 valence electrons. The summed E-state index contributed by atoms with van der Waals surface area (Å²) in [6.45, 7) is 2.19. The Labute approximate surface area is 120 Å². The maximum atomic E-state index is 11.6. The van der Waals surface area contributed by atoms with Crippen LogP contribution in [0.4, 0.5) is 0 Å². The van der Waals surface area contributed by atoms with Crippen molar-refractivity contribution in [2.45, 2.75) is 37.6 Å². The van der Waals surface area contributed by atoms with Crippen molar-refractivity contribution in [2.75, 3.05) is 19.8 Å². The van der Waals surface area contributed by atoms with Crippen molar-refractivity contribution in [1.29, 1.82) is 0 Å². The lowest BCUT2D eigenvalue weighted by Gasteiger charge is -2.09. The molecule has 1 amide bonds. The van der Waals surface area contributed by atoms with Gasteiger partial charge in [-0.2, -0.15) is 0 Å². The summed E-state index contributed by atoms with van der Waals surface area (Å²) in [5, 5.41) is 2.88. The molecule has 0 heterocycles. The van der Waals surface area contributed by atoms with Crippen LogP contribution in [0, 0.1) is 0 Å². The molecule has 4 heteroatoms. The maximum Gasteiger partial charge on any atom is 0.240 e. The topological polar surface area (TPSA) is 64.4 Å². The molecule has 1 aromatic rings. The summed E-state index contributed by atoms with van der Waals surface area (Å²) in [7, 11) is 0. The summed E-state index contributed by atoms with van der Waals surface area (Å²) in [6, 6.07) is 10.3. The lowest BCUT2D eigenvalue weighted by molar-refractivity contribution is -0.123. The van der Waals surface area contributed by atoms with Crippen LogP contribution in [0.3, 0.4) is 0 Å². The highest BCUT2D eigenvalue weighted by Gasteiger charge is 2.45. The highest BCUT2D eigenvalue weighted by molar-refractivity contribution is 5.88. The second-order valence-electron chi connectivity index (χ2n) is 5.47. The van der Waals surface area contributed by atoms with E-state index in [-0.39, 0.29) is 5.91 Å². The monoisotopic (exact) mass is 276 g/mol. The van der Waals surface area contributed by atoms with E-state index in [1.807, 2.05) is 18.2 Å². The van der Waals surface area contributed by atoms with Gasteiger partial charge < -0.3 is 15.8 Å². The van der Waals surface area contributed by atoms with E-state index in [2.05, 4.69) is 17.4 Å². The predicted octanol–water partition coefficient (Wildman–Crippen LogP) is 1.63. The molecule has 4 nitrogen and oxygen atoms in total. The molecule has 0 atom stereocenters. The third kappa shape index (κ3) is 4.94. The second-order valence-corrected chi connectivity index (χ2v) is 5.47. The Bertz CT molecular complexity index is 416. The molecule has 0 saturated heterocycles. The molecule has 1 aromatic carbocycles. The first-order valence-corrected chi connectivity index (χ1v) is 7.40. The normalized spacial score (nSPS) is 15.8. The smallest absolute Gasteiger partial charge is 0.240 e. The van der Waals surface area contributed by atoms with Gasteiger partial charge in [0.05, 0.1) is 12.1 Å². The second kappa shape index (κ2) is 7.41. The fourth-order valence-corrected chi connectivity index (χ4v) is 2.01. The first kappa shape index (κ1) is 15.0. The molecule has 0 spiro atoms. The molecular formula is C16H24N2O2. The summed E-state index contributed by atoms with van der Waals surface area (Å²) in [6.07, 6.45) is 4.50.